The van der Waals surface area contributed by atoms with Crippen LogP contribution in [0.15, 0.2) is 36.7 Å². The Morgan fingerprint density at radius 3 is 2.58 bits per heavy atom. The maximum Gasteiger partial charge on any atom is 0.155 e. The van der Waals surface area contributed by atoms with E-state index in [1.54, 1.807) is 13.3 Å². The molecule has 6 heteroatoms. The van der Waals surface area contributed by atoms with Gasteiger partial charge in [0.05, 0.1) is 7.11 Å². The third-order valence-corrected chi connectivity index (χ3v) is 2.70. The molecule has 0 aliphatic carbocycles. The summed E-state index contributed by atoms with van der Waals surface area (Å²) in [6.07, 6.45) is 3.06. The highest BCUT2D eigenvalue weighted by atomic mass is 35.5. The van der Waals surface area contributed by atoms with Crippen molar-refractivity contribution in [2.24, 2.45) is 0 Å². The number of nitrogens with one attached hydrogen (secondary N) is 2. The van der Waals surface area contributed by atoms with Gasteiger partial charge in [-0.1, -0.05) is 23.7 Å². The van der Waals surface area contributed by atoms with Crippen LogP contribution < -0.4 is 10.1 Å². The first kappa shape index (κ1) is 13.3. The van der Waals surface area contributed by atoms with E-state index < -0.39 is 0 Å². The lowest BCUT2D eigenvalue weighted by Crippen LogP contribution is -2.07. The summed E-state index contributed by atoms with van der Waals surface area (Å²) in [5, 5.41) is 10.4. The molecule has 98 valence electrons. The number of methoxy groups -OCH3 is 1. The molecule has 1 aromatic heterocycles. The smallest absolute Gasteiger partial charge is 0.155 e. The monoisotopic (exact) mass is 276 g/mol. The molecule has 0 fully saturated rings. The number of anilines is 1. The van der Waals surface area contributed by atoms with E-state index in [1.807, 2.05) is 24.3 Å². The highest BCUT2D eigenvalue weighted by molar-refractivity contribution is 6.68. The van der Waals surface area contributed by atoms with Crippen molar-refractivity contribution in [3.63, 3.8) is 0 Å². The first-order chi connectivity index (χ1) is 9.20. The SMILES string of the molecule is COc1ccc(CNc2nccnc2C(=N)Cl)cc1. The van der Waals surface area contributed by atoms with Crippen LogP contribution in [0.1, 0.15) is 11.3 Å². The lowest BCUT2D eigenvalue weighted by molar-refractivity contribution is 0.414. The molecule has 0 unspecified atom stereocenters. The molecule has 1 heterocycles. The first-order valence-corrected chi connectivity index (χ1v) is 6.00. The highest BCUT2D eigenvalue weighted by Crippen LogP contribution is 2.15. The number of hydrogen-bond acceptors (Lipinski definition) is 5. The Kier molecular flexibility index (Phi) is 4.30. The Morgan fingerprint density at radius 2 is 1.95 bits per heavy atom. The Bertz CT molecular complexity index is 571. The van der Waals surface area contributed by atoms with E-state index >= 15 is 0 Å². The van der Waals surface area contributed by atoms with Crippen molar-refractivity contribution in [3.05, 3.63) is 47.9 Å². The molecule has 0 saturated heterocycles. The first-order valence-electron chi connectivity index (χ1n) is 5.63. The minimum atomic E-state index is -0.134. The van der Waals surface area contributed by atoms with E-state index in [-0.39, 0.29) is 5.17 Å². The van der Waals surface area contributed by atoms with Crippen LogP contribution in [0.5, 0.6) is 5.75 Å². The van der Waals surface area contributed by atoms with Crippen molar-refractivity contribution in [3.8, 4) is 5.75 Å². The molecule has 0 saturated carbocycles. The molecule has 0 bridgehead atoms. The molecule has 1 aromatic carbocycles. The van der Waals surface area contributed by atoms with Gasteiger partial charge in [-0.15, -0.1) is 0 Å². The average Bonchev–Trinajstić information content (AvgIpc) is 2.46. The predicted octanol–water partition coefficient (Wildman–Crippen LogP) is 2.66. The fourth-order valence-corrected chi connectivity index (χ4v) is 1.70. The van der Waals surface area contributed by atoms with Gasteiger partial charge in [0.2, 0.25) is 0 Å². The average molecular weight is 277 g/mol. The molecule has 0 aliphatic heterocycles. The van der Waals surface area contributed by atoms with Crippen molar-refractivity contribution < 1.29 is 4.74 Å². The fourth-order valence-electron chi connectivity index (χ4n) is 1.56. The summed E-state index contributed by atoms with van der Waals surface area (Å²) >= 11 is 5.65. The van der Waals surface area contributed by atoms with E-state index in [4.69, 9.17) is 21.7 Å². The van der Waals surface area contributed by atoms with Gasteiger partial charge in [-0.25, -0.2) is 9.97 Å². The predicted molar refractivity (Wildman–Crippen MR) is 75.0 cm³/mol. The standard InChI is InChI=1S/C13H13ClN4O/c1-19-10-4-2-9(3-5-10)8-18-13-11(12(14)15)16-6-7-17-13/h2-7,15H,8H2,1H3,(H,17,18). The van der Waals surface area contributed by atoms with Crippen molar-refractivity contribution in [1.82, 2.24) is 9.97 Å². The van der Waals surface area contributed by atoms with Gasteiger partial charge < -0.3 is 10.1 Å². The molecule has 0 spiro atoms. The topological polar surface area (TPSA) is 70.9 Å². The van der Waals surface area contributed by atoms with Crippen molar-refractivity contribution >= 4 is 22.6 Å². The summed E-state index contributed by atoms with van der Waals surface area (Å²) in [4.78, 5) is 8.14. The molecular formula is C13H13ClN4O. The van der Waals surface area contributed by atoms with Crippen LogP contribution >= 0.6 is 11.6 Å². The fraction of sp³-hybridized carbons (Fsp3) is 0.154. The van der Waals surface area contributed by atoms with Crippen LogP contribution in [0.2, 0.25) is 0 Å². The number of nitrogens with zero attached hydrogens (tertiary/aromatic N) is 2. The minimum absolute atomic E-state index is 0.134. The Morgan fingerprint density at radius 1 is 1.26 bits per heavy atom. The molecule has 0 atom stereocenters. The number of ether oxygens (including phenoxy) is 1. The van der Waals surface area contributed by atoms with E-state index in [0.717, 1.165) is 11.3 Å². The number of hydrogen-bond donors (Lipinski definition) is 2. The minimum Gasteiger partial charge on any atom is -0.497 e. The van der Waals surface area contributed by atoms with E-state index in [0.29, 0.717) is 18.1 Å². The summed E-state index contributed by atoms with van der Waals surface area (Å²) in [5.41, 5.74) is 1.41. The molecule has 5 nitrogen and oxygen atoms in total. The van der Waals surface area contributed by atoms with E-state index in [1.165, 1.54) is 6.20 Å². The van der Waals surface area contributed by atoms with Gasteiger partial charge in [0, 0.05) is 18.9 Å². The van der Waals surface area contributed by atoms with Gasteiger partial charge >= 0.3 is 0 Å². The second-order valence-corrected chi connectivity index (χ2v) is 4.15. The van der Waals surface area contributed by atoms with Crippen LogP contribution in [0.25, 0.3) is 0 Å². The highest BCUT2D eigenvalue weighted by Gasteiger charge is 2.08. The van der Waals surface area contributed by atoms with Gasteiger partial charge in [-0.3, -0.25) is 5.41 Å². The third-order valence-electron chi connectivity index (χ3n) is 2.53. The van der Waals surface area contributed by atoms with Crippen molar-refractivity contribution in [2.45, 2.75) is 6.54 Å². The summed E-state index contributed by atoms with van der Waals surface area (Å²) in [5.74, 6) is 1.31. The molecule has 2 N–H and O–H groups in total. The Labute approximate surface area is 116 Å². The van der Waals surface area contributed by atoms with Crippen LogP contribution in [0, 0.1) is 5.41 Å². The Balaban J connectivity index is 2.07. The molecule has 19 heavy (non-hydrogen) atoms. The van der Waals surface area contributed by atoms with Crippen molar-refractivity contribution in [2.75, 3.05) is 12.4 Å². The maximum absolute atomic E-state index is 7.42. The third kappa shape index (κ3) is 3.42. The second-order valence-electron chi connectivity index (χ2n) is 3.77. The van der Waals surface area contributed by atoms with Gasteiger partial charge in [-0.2, -0.15) is 0 Å². The van der Waals surface area contributed by atoms with Crippen LogP contribution in [0.4, 0.5) is 5.82 Å². The van der Waals surface area contributed by atoms with Gasteiger partial charge in [0.25, 0.3) is 0 Å². The zero-order chi connectivity index (χ0) is 13.7. The van der Waals surface area contributed by atoms with Crippen LogP contribution in [-0.2, 0) is 6.54 Å². The van der Waals surface area contributed by atoms with E-state index in [9.17, 15) is 0 Å². The largest absolute Gasteiger partial charge is 0.497 e. The summed E-state index contributed by atoms with van der Waals surface area (Å²) in [6, 6.07) is 7.68. The van der Waals surface area contributed by atoms with Gasteiger partial charge in [-0.05, 0) is 17.7 Å². The number of halogens is 1. The molecule has 2 rings (SSSR count). The molecular weight excluding hydrogens is 264 g/mol. The normalized spacial score (nSPS) is 10.0. The lowest BCUT2D eigenvalue weighted by Gasteiger charge is -2.08. The molecule has 0 radical (unpaired) electrons. The van der Waals surface area contributed by atoms with Crippen molar-refractivity contribution in [1.29, 1.82) is 5.41 Å². The van der Waals surface area contributed by atoms with Gasteiger partial charge in [0.1, 0.15) is 11.4 Å². The van der Waals surface area contributed by atoms with Crippen LogP contribution in [-0.4, -0.2) is 22.2 Å². The Hall–Kier alpha value is -2.14. The number of benzene rings is 1. The summed E-state index contributed by atoms with van der Waals surface area (Å²) in [7, 11) is 1.63. The molecule has 0 amide bonds. The summed E-state index contributed by atoms with van der Waals surface area (Å²) in [6.45, 7) is 0.569. The maximum atomic E-state index is 7.42. The zero-order valence-corrected chi connectivity index (χ0v) is 11.1. The molecule has 0 aliphatic rings. The lowest BCUT2D eigenvalue weighted by atomic mass is 10.2. The molecule has 2 aromatic rings. The van der Waals surface area contributed by atoms with Gasteiger partial charge in [0.15, 0.2) is 11.0 Å². The van der Waals surface area contributed by atoms with Crippen LogP contribution in [0.3, 0.4) is 0 Å². The number of rotatable bonds is 5. The second kappa shape index (κ2) is 6.15. The summed E-state index contributed by atoms with van der Waals surface area (Å²) < 4.78 is 5.09. The quantitative estimate of drug-likeness (QED) is 0.824. The zero-order valence-electron chi connectivity index (χ0n) is 10.4. The van der Waals surface area contributed by atoms with E-state index in [2.05, 4.69) is 15.3 Å². The number of aromatic nitrogens is 2.